The summed E-state index contributed by atoms with van der Waals surface area (Å²) in [6, 6.07) is 10.8. The van der Waals surface area contributed by atoms with Crippen molar-refractivity contribution >= 4 is 33.5 Å². The van der Waals surface area contributed by atoms with Crippen LogP contribution in [0.3, 0.4) is 0 Å². The van der Waals surface area contributed by atoms with Gasteiger partial charge in [0.25, 0.3) is 5.56 Å². The third-order valence-electron chi connectivity index (χ3n) is 5.93. The van der Waals surface area contributed by atoms with Crippen LogP contribution in [0.15, 0.2) is 53.6 Å². The first-order valence-corrected chi connectivity index (χ1v) is 10.4. The fourth-order valence-corrected chi connectivity index (χ4v) is 4.20. The summed E-state index contributed by atoms with van der Waals surface area (Å²) >= 11 is 0. The zero-order chi connectivity index (χ0) is 22.2. The highest BCUT2D eigenvalue weighted by Crippen LogP contribution is 2.22. The zero-order valence-corrected chi connectivity index (χ0v) is 17.2. The number of aryl methyl sites for hydroxylation is 1. The molecule has 0 radical (unpaired) electrons. The molecule has 32 heavy (non-hydrogen) atoms. The van der Waals surface area contributed by atoms with Crippen molar-refractivity contribution in [3.05, 3.63) is 70.8 Å². The van der Waals surface area contributed by atoms with Crippen molar-refractivity contribution in [2.75, 3.05) is 31.1 Å². The van der Waals surface area contributed by atoms with Crippen LogP contribution in [0.2, 0.25) is 0 Å². The summed E-state index contributed by atoms with van der Waals surface area (Å²) in [5, 5.41) is 0.549. The highest BCUT2D eigenvalue weighted by molar-refractivity contribution is 6.04. The van der Waals surface area contributed by atoms with Gasteiger partial charge in [0, 0.05) is 50.0 Å². The lowest BCUT2D eigenvalue weighted by molar-refractivity contribution is -0.131. The lowest BCUT2D eigenvalue weighted by Gasteiger charge is -2.36. The van der Waals surface area contributed by atoms with Crippen LogP contribution in [-0.2, 0) is 11.3 Å². The third kappa shape index (κ3) is 3.59. The van der Waals surface area contributed by atoms with E-state index in [1.807, 2.05) is 4.90 Å². The van der Waals surface area contributed by atoms with E-state index in [-0.39, 0.29) is 30.2 Å². The maximum atomic E-state index is 14.0. The van der Waals surface area contributed by atoms with Crippen LogP contribution in [0.4, 0.5) is 14.5 Å². The number of amides is 1. The highest BCUT2D eigenvalue weighted by atomic mass is 19.1. The minimum atomic E-state index is -0.398. The van der Waals surface area contributed by atoms with Gasteiger partial charge in [-0.2, -0.15) is 0 Å². The van der Waals surface area contributed by atoms with Gasteiger partial charge in [0.15, 0.2) is 0 Å². The SMILES string of the molecule is O=C(CCn1cnc2c([nH]c3ccc(F)cc32)c1=O)N1CCN(c2ccccc2F)CC1. The maximum Gasteiger partial charge on any atom is 0.277 e. The topological polar surface area (TPSA) is 74.2 Å². The van der Waals surface area contributed by atoms with E-state index in [1.54, 1.807) is 29.2 Å². The standard InChI is InChI=1S/C23H21F2N5O2/c24-15-5-6-18-16(13-15)21-22(27-18)23(32)30(14-26-21)8-7-20(31)29-11-9-28(10-12-29)19-4-2-1-3-17(19)25/h1-6,13-14,27H,7-12H2. The summed E-state index contributed by atoms with van der Waals surface area (Å²) in [5.41, 5.74) is 1.58. The first kappa shape index (κ1) is 20.2. The van der Waals surface area contributed by atoms with Crippen LogP contribution in [-0.4, -0.2) is 51.5 Å². The van der Waals surface area contributed by atoms with Crippen LogP contribution in [0, 0.1) is 11.6 Å². The molecule has 0 saturated carbocycles. The Labute approximate surface area is 181 Å². The Balaban J connectivity index is 1.25. The number of aromatic amines is 1. The van der Waals surface area contributed by atoms with E-state index in [2.05, 4.69) is 9.97 Å². The predicted octanol–water partition coefficient (Wildman–Crippen LogP) is 2.89. The minimum Gasteiger partial charge on any atom is -0.366 e. The molecule has 1 fully saturated rings. The molecule has 9 heteroatoms. The van der Waals surface area contributed by atoms with Gasteiger partial charge < -0.3 is 14.8 Å². The second kappa shape index (κ2) is 8.07. The fourth-order valence-electron chi connectivity index (χ4n) is 4.20. The number of para-hydroxylation sites is 1. The van der Waals surface area contributed by atoms with E-state index >= 15 is 0 Å². The van der Waals surface area contributed by atoms with E-state index in [0.29, 0.717) is 53.8 Å². The number of carbonyl (C=O) groups excluding carboxylic acids is 1. The van der Waals surface area contributed by atoms with E-state index in [4.69, 9.17) is 0 Å². The van der Waals surface area contributed by atoms with Gasteiger partial charge in [-0.25, -0.2) is 13.8 Å². The molecule has 0 aliphatic carbocycles. The summed E-state index contributed by atoms with van der Waals surface area (Å²) in [7, 11) is 0. The molecule has 2 aromatic carbocycles. The van der Waals surface area contributed by atoms with Gasteiger partial charge in [0.05, 0.1) is 12.0 Å². The van der Waals surface area contributed by atoms with Crippen LogP contribution in [0.25, 0.3) is 21.9 Å². The number of halogens is 2. The lowest BCUT2D eigenvalue weighted by Crippen LogP contribution is -2.49. The first-order chi connectivity index (χ1) is 15.5. The van der Waals surface area contributed by atoms with Gasteiger partial charge in [0.2, 0.25) is 5.91 Å². The monoisotopic (exact) mass is 437 g/mol. The van der Waals surface area contributed by atoms with Crippen molar-refractivity contribution < 1.29 is 13.6 Å². The minimum absolute atomic E-state index is 0.0658. The Morgan fingerprint density at radius 1 is 1.06 bits per heavy atom. The Kier molecular flexibility index (Phi) is 5.08. The quantitative estimate of drug-likeness (QED) is 0.533. The van der Waals surface area contributed by atoms with Crippen molar-refractivity contribution in [1.29, 1.82) is 0 Å². The van der Waals surface area contributed by atoms with E-state index in [1.165, 1.54) is 29.1 Å². The van der Waals surface area contributed by atoms with Gasteiger partial charge in [-0.05, 0) is 30.3 Å². The molecule has 0 spiro atoms. The Morgan fingerprint density at radius 2 is 1.84 bits per heavy atom. The van der Waals surface area contributed by atoms with Gasteiger partial charge in [-0.1, -0.05) is 12.1 Å². The second-order valence-corrected chi connectivity index (χ2v) is 7.85. The van der Waals surface area contributed by atoms with Crippen molar-refractivity contribution in [3.8, 4) is 0 Å². The smallest absolute Gasteiger partial charge is 0.277 e. The van der Waals surface area contributed by atoms with Crippen LogP contribution >= 0.6 is 0 Å². The number of nitrogens with zero attached hydrogens (tertiary/aromatic N) is 4. The van der Waals surface area contributed by atoms with Crippen LogP contribution in [0.5, 0.6) is 0 Å². The predicted molar refractivity (Wildman–Crippen MR) is 118 cm³/mol. The summed E-state index contributed by atoms with van der Waals surface area (Å²) < 4.78 is 28.9. The van der Waals surface area contributed by atoms with Crippen molar-refractivity contribution in [1.82, 2.24) is 19.4 Å². The highest BCUT2D eigenvalue weighted by Gasteiger charge is 2.22. The molecule has 0 atom stereocenters. The van der Waals surface area contributed by atoms with Crippen molar-refractivity contribution in [3.63, 3.8) is 0 Å². The average molecular weight is 437 g/mol. The zero-order valence-electron chi connectivity index (χ0n) is 17.2. The molecule has 164 valence electrons. The number of piperazine rings is 1. The van der Waals surface area contributed by atoms with Gasteiger partial charge in [-0.15, -0.1) is 0 Å². The van der Waals surface area contributed by atoms with E-state index in [0.717, 1.165) is 0 Å². The molecule has 1 N–H and O–H groups in total. The number of anilines is 1. The second-order valence-electron chi connectivity index (χ2n) is 7.85. The third-order valence-corrected chi connectivity index (χ3v) is 5.93. The number of H-pyrrole nitrogens is 1. The Morgan fingerprint density at radius 3 is 2.62 bits per heavy atom. The normalized spacial score (nSPS) is 14.4. The molecule has 1 aliphatic heterocycles. The number of carbonyl (C=O) groups is 1. The number of aromatic nitrogens is 3. The fraction of sp³-hybridized carbons (Fsp3) is 0.261. The number of fused-ring (bicyclic) bond motifs is 3. The van der Waals surface area contributed by atoms with Gasteiger partial charge in [-0.3, -0.25) is 14.2 Å². The molecule has 0 unspecified atom stereocenters. The maximum absolute atomic E-state index is 14.0. The number of hydrogen-bond donors (Lipinski definition) is 1. The number of benzene rings is 2. The molecule has 7 nitrogen and oxygen atoms in total. The number of hydrogen-bond acceptors (Lipinski definition) is 4. The molecule has 4 aromatic rings. The summed E-state index contributed by atoms with van der Waals surface area (Å²) in [6.45, 7) is 2.27. The first-order valence-electron chi connectivity index (χ1n) is 10.4. The summed E-state index contributed by atoms with van der Waals surface area (Å²) in [5.74, 6) is -0.733. The van der Waals surface area contributed by atoms with Crippen molar-refractivity contribution in [2.45, 2.75) is 13.0 Å². The number of nitrogens with one attached hydrogen (secondary N) is 1. The molecular formula is C23H21F2N5O2. The molecule has 0 bridgehead atoms. The van der Waals surface area contributed by atoms with E-state index < -0.39 is 5.82 Å². The Bertz CT molecular complexity index is 1370. The van der Waals surface area contributed by atoms with Crippen molar-refractivity contribution in [2.24, 2.45) is 0 Å². The van der Waals surface area contributed by atoms with Gasteiger partial charge in [0.1, 0.15) is 22.7 Å². The van der Waals surface area contributed by atoms with Crippen LogP contribution < -0.4 is 10.5 Å². The summed E-state index contributed by atoms with van der Waals surface area (Å²) in [6.07, 6.45) is 1.55. The number of rotatable bonds is 4. The lowest BCUT2D eigenvalue weighted by atomic mass is 10.2. The molecule has 3 heterocycles. The molecule has 5 rings (SSSR count). The molecular weight excluding hydrogens is 416 g/mol. The van der Waals surface area contributed by atoms with Gasteiger partial charge >= 0.3 is 0 Å². The Hall–Kier alpha value is -3.75. The largest absolute Gasteiger partial charge is 0.366 e. The van der Waals surface area contributed by atoms with Crippen LogP contribution in [0.1, 0.15) is 6.42 Å². The molecule has 1 saturated heterocycles. The summed E-state index contributed by atoms with van der Waals surface area (Å²) in [4.78, 5) is 36.5. The molecule has 1 amide bonds. The molecule has 1 aliphatic rings. The van der Waals surface area contributed by atoms with E-state index in [9.17, 15) is 18.4 Å². The molecule has 2 aromatic heterocycles. The average Bonchev–Trinajstić information content (AvgIpc) is 3.17.